The molecule has 1 amide bonds. The second kappa shape index (κ2) is 11.5. The van der Waals surface area contributed by atoms with E-state index in [-0.39, 0.29) is 5.91 Å². The van der Waals surface area contributed by atoms with Crippen molar-refractivity contribution in [2.75, 3.05) is 31.1 Å². The van der Waals surface area contributed by atoms with Gasteiger partial charge in [-0.05, 0) is 63.3 Å². The summed E-state index contributed by atoms with van der Waals surface area (Å²) < 4.78 is 0. The lowest BCUT2D eigenvalue weighted by Gasteiger charge is -2.26. The van der Waals surface area contributed by atoms with Crippen LogP contribution in [0.2, 0.25) is 0 Å². The molecular formula is C30H38N4O. The molecule has 1 aromatic heterocycles. The van der Waals surface area contributed by atoms with Crippen molar-refractivity contribution in [1.82, 2.24) is 14.9 Å². The number of hydrogen-bond acceptors (Lipinski definition) is 4. The van der Waals surface area contributed by atoms with Crippen LogP contribution in [0.15, 0.2) is 48.5 Å². The molecule has 5 nitrogen and oxygen atoms in total. The number of benzene rings is 2. The molecule has 0 aliphatic carbocycles. The normalized spacial score (nSPS) is 14.2. The Morgan fingerprint density at radius 1 is 0.857 bits per heavy atom. The van der Waals surface area contributed by atoms with Crippen molar-refractivity contribution in [3.63, 3.8) is 0 Å². The van der Waals surface area contributed by atoms with E-state index in [1.165, 1.54) is 35.1 Å². The predicted molar refractivity (Wildman–Crippen MR) is 143 cm³/mol. The summed E-state index contributed by atoms with van der Waals surface area (Å²) in [6.45, 7) is 11.5. The maximum Gasteiger partial charge on any atom is 0.253 e. The van der Waals surface area contributed by atoms with E-state index in [1.54, 1.807) is 0 Å². The lowest BCUT2D eigenvalue weighted by Crippen LogP contribution is -2.35. The summed E-state index contributed by atoms with van der Waals surface area (Å²) in [5, 5.41) is 0. The second-order valence-electron chi connectivity index (χ2n) is 9.75. The second-order valence-corrected chi connectivity index (χ2v) is 9.75. The Bertz CT molecular complexity index is 1140. The molecular weight excluding hydrogens is 432 g/mol. The van der Waals surface area contributed by atoms with Gasteiger partial charge in [-0.2, -0.15) is 0 Å². The topological polar surface area (TPSA) is 49.3 Å². The van der Waals surface area contributed by atoms with Crippen molar-refractivity contribution in [3.8, 4) is 0 Å². The summed E-state index contributed by atoms with van der Waals surface area (Å²) in [7, 11) is 0. The van der Waals surface area contributed by atoms with Crippen LogP contribution in [0.5, 0.6) is 0 Å². The average molecular weight is 471 g/mol. The SMILES string of the molecule is CCCCc1ccc(C(=O)N2CCCN(c3nc(C)nc(C)c3Cc3ccc(C)cc3)CC2)cc1. The summed E-state index contributed by atoms with van der Waals surface area (Å²) in [5.41, 5.74) is 6.84. The van der Waals surface area contributed by atoms with Gasteiger partial charge >= 0.3 is 0 Å². The number of unbranched alkanes of at least 4 members (excludes halogenated alkanes) is 1. The molecule has 1 saturated heterocycles. The quantitative estimate of drug-likeness (QED) is 0.445. The molecule has 3 aromatic rings. The van der Waals surface area contributed by atoms with Crippen LogP contribution in [0.1, 0.15) is 70.3 Å². The number of rotatable bonds is 7. The van der Waals surface area contributed by atoms with E-state index in [2.05, 4.69) is 67.1 Å². The van der Waals surface area contributed by atoms with Gasteiger partial charge in [0, 0.05) is 49.4 Å². The fraction of sp³-hybridized carbons (Fsp3) is 0.433. The Balaban J connectivity index is 1.49. The van der Waals surface area contributed by atoms with Gasteiger partial charge < -0.3 is 9.80 Å². The smallest absolute Gasteiger partial charge is 0.253 e. The Labute approximate surface area is 210 Å². The minimum Gasteiger partial charge on any atom is -0.354 e. The molecule has 1 fully saturated rings. The first-order valence-corrected chi connectivity index (χ1v) is 13.0. The number of nitrogens with zero attached hydrogens (tertiary/aromatic N) is 4. The highest BCUT2D eigenvalue weighted by Gasteiger charge is 2.23. The molecule has 0 saturated carbocycles. The number of carbonyl (C=O) groups is 1. The van der Waals surface area contributed by atoms with E-state index in [0.29, 0.717) is 6.54 Å². The molecule has 4 rings (SSSR count). The van der Waals surface area contributed by atoms with E-state index >= 15 is 0 Å². The van der Waals surface area contributed by atoms with E-state index in [4.69, 9.17) is 4.98 Å². The Hall–Kier alpha value is -3.21. The zero-order valence-corrected chi connectivity index (χ0v) is 21.7. The summed E-state index contributed by atoms with van der Waals surface area (Å²) >= 11 is 0. The van der Waals surface area contributed by atoms with Crippen LogP contribution in [0, 0.1) is 20.8 Å². The molecule has 1 aliphatic heterocycles. The molecule has 2 aromatic carbocycles. The van der Waals surface area contributed by atoms with Gasteiger partial charge in [0.2, 0.25) is 0 Å². The molecule has 0 bridgehead atoms. The summed E-state index contributed by atoms with van der Waals surface area (Å²) in [6, 6.07) is 16.9. The van der Waals surface area contributed by atoms with Crippen LogP contribution in [0.25, 0.3) is 0 Å². The van der Waals surface area contributed by atoms with E-state index < -0.39 is 0 Å². The number of anilines is 1. The third-order valence-electron chi connectivity index (χ3n) is 6.91. The van der Waals surface area contributed by atoms with Crippen molar-refractivity contribution in [2.45, 2.75) is 59.8 Å². The van der Waals surface area contributed by atoms with Crippen LogP contribution in [-0.2, 0) is 12.8 Å². The van der Waals surface area contributed by atoms with Gasteiger partial charge in [-0.25, -0.2) is 9.97 Å². The highest BCUT2D eigenvalue weighted by Crippen LogP contribution is 2.25. The largest absolute Gasteiger partial charge is 0.354 e. The zero-order chi connectivity index (χ0) is 24.8. The van der Waals surface area contributed by atoms with Gasteiger partial charge in [-0.1, -0.05) is 55.3 Å². The van der Waals surface area contributed by atoms with E-state index in [1.807, 2.05) is 24.0 Å². The molecule has 0 atom stereocenters. The molecule has 5 heteroatoms. The fourth-order valence-corrected chi connectivity index (χ4v) is 4.81. The van der Waals surface area contributed by atoms with Crippen molar-refractivity contribution in [3.05, 3.63) is 87.9 Å². The van der Waals surface area contributed by atoms with Gasteiger partial charge in [0.25, 0.3) is 5.91 Å². The van der Waals surface area contributed by atoms with Crippen molar-refractivity contribution >= 4 is 11.7 Å². The maximum absolute atomic E-state index is 13.2. The highest BCUT2D eigenvalue weighted by molar-refractivity contribution is 5.94. The Kier molecular flexibility index (Phi) is 8.17. The molecule has 184 valence electrons. The number of carbonyl (C=O) groups excluding carboxylic acids is 1. The number of aromatic nitrogens is 2. The summed E-state index contributed by atoms with van der Waals surface area (Å²) in [5.74, 6) is 1.94. The van der Waals surface area contributed by atoms with Crippen LogP contribution >= 0.6 is 0 Å². The first kappa shape index (κ1) is 24.9. The fourth-order valence-electron chi connectivity index (χ4n) is 4.81. The Morgan fingerprint density at radius 2 is 1.57 bits per heavy atom. The molecule has 0 spiro atoms. The van der Waals surface area contributed by atoms with E-state index in [0.717, 1.165) is 61.8 Å². The lowest BCUT2D eigenvalue weighted by molar-refractivity contribution is 0.0767. The molecule has 0 N–H and O–H groups in total. The van der Waals surface area contributed by atoms with Crippen molar-refractivity contribution in [2.24, 2.45) is 0 Å². The molecule has 0 radical (unpaired) electrons. The van der Waals surface area contributed by atoms with Crippen LogP contribution in [0.3, 0.4) is 0 Å². The number of amides is 1. The van der Waals surface area contributed by atoms with Crippen LogP contribution in [-0.4, -0.2) is 47.0 Å². The number of hydrogen-bond donors (Lipinski definition) is 0. The first-order chi connectivity index (χ1) is 16.9. The molecule has 2 heterocycles. The zero-order valence-electron chi connectivity index (χ0n) is 21.7. The van der Waals surface area contributed by atoms with Gasteiger partial charge in [0.15, 0.2) is 0 Å². The summed E-state index contributed by atoms with van der Waals surface area (Å²) in [6.07, 6.45) is 5.18. The van der Waals surface area contributed by atoms with Gasteiger partial charge in [-0.3, -0.25) is 4.79 Å². The summed E-state index contributed by atoms with van der Waals surface area (Å²) in [4.78, 5) is 27.2. The monoisotopic (exact) mass is 470 g/mol. The van der Waals surface area contributed by atoms with Crippen molar-refractivity contribution in [1.29, 1.82) is 0 Å². The van der Waals surface area contributed by atoms with Crippen molar-refractivity contribution < 1.29 is 4.79 Å². The van der Waals surface area contributed by atoms with Gasteiger partial charge in [-0.15, -0.1) is 0 Å². The minimum atomic E-state index is 0.129. The van der Waals surface area contributed by atoms with Crippen LogP contribution in [0.4, 0.5) is 5.82 Å². The first-order valence-electron chi connectivity index (χ1n) is 13.0. The lowest BCUT2D eigenvalue weighted by atomic mass is 10.0. The highest BCUT2D eigenvalue weighted by atomic mass is 16.2. The number of aryl methyl sites for hydroxylation is 4. The Morgan fingerprint density at radius 3 is 2.29 bits per heavy atom. The van der Waals surface area contributed by atoms with E-state index in [9.17, 15) is 4.79 Å². The minimum absolute atomic E-state index is 0.129. The average Bonchev–Trinajstić information content (AvgIpc) is 3.11. The standard InChI is InChI=1S/C30H38N4O/c1-5-6-8-25-13-15-27(16-14-25)30(35)34-18-7-17-33(19-20-34)29-28(23(3)31-24(4)32-29)21-26-11-9-22(2)10-12-26/h9-16H,5-8,17-21H2,1-4H3. The molecule has 35 heavy (non-hydrogen) atoms. The van der Waals surface area contributed by atoms with Gasteiger partial charge in [0.05, 0.1) is 0 Å². The third kappa shape index (κ3) is 6.27. The van der Waals surface area contributed by atoms with Crippen LogP contribution < -0.4 is 4.90 Å². The predicted octanol–water partition coefficient (Wildman–Crippen LogP) is 5.69. The third-order valence-corrected chi connectivity index (χ3v) is 6.91. The molecule has 0 unspecified atom stereocenters. The molecule has 1 aliphatic rings. The van der Waals surface area contributed by atoms with Gasteiger partial charge in [0.1, 0.15) is 11.6 Å². The maximum atomic E-state index is 13.2.